The summed E-state index contributed by atoms with van der Waals surface area (Å²) in [6.07, 6.45) is 3.94. The highest BCUT2D eigenvalue weighted by molar-refractivity contribution is 5.74. The van der Waals surface area contributed by atoms with Gasteiger partial charge in [0.2, 0.25) is 5.88 Å². The summed E-state index contributed by atoms with van der Waals surface area (Å²) in [5, 5.41) is 3.11. The maximum Gasteiger partial charge on any atom is 0.388 e. The Kier molecular flexibility index (Phi) is 4.84. The van der Waals surface area contributed by atoms with Gasteiger partial charge in [0.05, 0.1) is 23.8 Å². The molecule has 2 atom stereocenters. The highest BCUT2D eigenvalue weighted by Gasteiger charge is 2.25. The molecule has 0 bridgehead atoms. The van der Waals surface area contributed by atoms with Gasteiger partial charge in [-0.25, -0.2) is 4.98 Å². The summed E-state index contributed by atoms with van der Waals surface area (Å²) >= 11 is 0. The minimum atomic E-state index is -2.92. The van der Waals surface area contributed by atoms with Crippen molar-refractivity contribution >= 4 is 17.3 Å². The van der Waals surface area contributed by atoms with Gasteiger partial charge in [-0.05, 0) is 18.4 Å². The molecule has 3 N–H and O–H groups in total. The van der Waals surface area contributed by atoms with Crippen LogP contribution in [0.5, 0.6) is 5.88 Å². The third-order valence-electron chi connectivity index (χ3n) is 3.88. The molecule has 2 aromatic heterocycles. The van der Waals surface area contributed by atoms with E-state index < -0.39 is 6.61 Å². The lowest BCUT2D eigenvalue weighted by atomic mass is 9.96. The van der Waals surface area contributed by atoms with Gasteiger partial charge in [0.15, 0.2) is 5.88 Å². The minimum absolute atomic E-state index is 0.0258. The zero-order valence-electron chi connectivity index (χ0n) is 13.3. The van der Waals surface area contributed by atoms with Gasteiger partial charge >= 0.3 is 6.61 Å². The van der Waals surface area contributed by atoms with Crippen LogP contribution in [0.15, 0.2) is 35.1 Å². The number of halogens is 2. The molecule has 24 heavy (non-hydrogen) atoms. The Morgan fingerprint density at radius 1 is 1.46 bits per heavy atom. The Morgan fingerprint density at radius 2 is 2.29 bits per heavy atom. The molecule has 0 radical (unpaired) electrons. The molecule has 1 aliphatic heterocycles. The van der Waals surface area contributed by atoms with Crippen molar-refractivity contribution in [1.29, 1.82) is 0 Å². The molecule has 1 fully saturated rings. The zero-order valence-corrected chi connectivity index (χ0v) is 13.3. The maximum atomic E-state index is 12.5. The number of hydrogen-bond acceptors (Lipinski definition) is 6. The van der Waals surface area contributed by atoms with E-state index in [2.05, 4.69) is 26.9 Å². The number of rotatable bonds is 5. The summed E-state index contributed by atoms with van der Waals surface area (Å²) in [7, 11) is 0. The first-order valence-corrected chi connectivity index (χ1v) is 7.77. The fourth-order valence-electron chi connectivity index (χ4n) is 3.02. The molecule has 0 saturated carbocycles. The van der Waals surface area contributed by atoms with Gasteiger partial charge < -0.3 is 25.1 Å². The SMILES string of the molecule is CC1CC(N)CN(c2cc(OC(F)F)ncc2Nc2ccco2)C1. The average Bonchev–Trinajstić information content (AvgIpc) is 3.00. The molecule has 0 spiro atoms. The van der Waals surface area contributed by atoms with Crippen LogP contribution in [-0.4, -0.2) is 30.7 Å². The molecule has 3 rings (SSSR count). The minimum Gasteiger partial charge on any atom is -0.449 e. The van der Waals surface area contributed by atoms with Crippen molar-refractivity contribution < 1.29 is 17.9 Å². The number of hydrogen-bond donors (Lipinski definition) is 2. The van der Waals surface area contributed by atoms with E-state index in [4.69, 9.17) is 10.2 Å². The molecule has 0 amide bonds. The standard InChI is InChI=1S/C16H20F2N4O2/c1-10-5-11(19)9-22(8-10)13-6-15(24-16(17)18)20-7-12(13)21-14-3-2-4-23-14/h2-4,6-7,10-11,16,21H,5,8-9,19H2,1H3. The first kappa shape index (κ1) is 16.5. The van der Waals surface area contributed by atoms with Crippen molar-refractivity contribution in [3.63, 3.8) is 0 Å². The number of nitrogens with two attached hydrogens (primary N) is 1. The molecule has 8 heteroatoms. The topological polar surface area (TPSA) is 76.5 Å². The molecule has 1 aliphatic rings. The highest BCUT2D eigenvalue weighted by atomic mass is 19.3. The third kappa shape index (κ3) is 3.94. The molecule has 2 unspecified atom stereocenters. The fraction of sp³-hybridized carbons (Fsp3) is 0.438. The monoisotopic (exact) mass is 338 g/mol. The van der Waals surface area contributed by atoms with Gasteiger partial charge in [0, 0.05) is 31.3 Å². The van der Waals surface area contributed by atoms with Crippen LogP contribution in [0.2, 0.25) is 0 Å². The van der Waals surface area contributed by atoms with Crippen LogP contribution in [0.4, 0.5) is 26.0 Å². The number of nitrogens with one attached hydrogen (secondary N) is 1. The number of furan rings is 1. The van der Waals surface area contributed by atoms with E-state index in [1.54, 1.807) is 18.4 Å². The van der Waals surface area contributed by atoms with Gasteiger partial charge in [-0.15, -0.1) is 0 Å². The predicted molar refractivity (Wildman–Crippen MR) is 86.8 cm³/mol. The van der Waals surface area contributed by atoms with Crippen LogP contribution >= 0.6 is 0 Å². The lowest BCUT2D eigenvalue weighted by molar-refractivity contribution is -0.0528. The smallest absolute Gasteiger partial charge is 0.388 e. The summed E-state index contributed by atoms with van der Waals surface area (Å²) in [5.74, 6) is 0.810. The van der Waals surface area contributed by atoms with E-state index in [1.807, 2.05) is 0 Å². The molecule has 2 aromatic rings. The molecular formula is C16H20F2N4O2. The molecular weight excluding hydrogens is 318 g/mol. The number of aromatic nitrogens is 1. The first-order chi connectivity index (χ1) is 11.5. The lowest BCUT2D eigenvalue weighted by Crippen LogP contribution is -2.46. The van der Waals surface area contributed by atoms with Crippen LogP contribution in [-0.2, 0) is 0 Å². The Morgan fingerprint density at radius 3 is 2.96 bits per heavy atom. The zero-order chi connectivity index (χ0) is 17.1. The van der Waals surface area contributed by atoms with Gasteiger partial charge in [-0.1, -0.05) is 6.92 Å². The van der Waals surface area contributed by atoms with Gasteiger partial charge in [-0.3, -0.25) is 0 Å². The Bertz CT molecular complexity index is 656. The molecule has 0 aliphatic carbocycles. The van der Waals surface area contributed by atoms with Crippen molar-refractivity contribution in [2.24, 2.45) is 11.7 Å². The van der Waals surface area contributed by atoms with E-state index in [-0.39, 0.29) is 11.9 Å². The molecule has 3 heterocycles. The fourth-order valence-corrected chi connectivity index (χ4v) is 3.02. The van der Waals surface area contributed by atoms with E-state index in [1.165, 1.54) is 12.3 Å². The summed E-state index contributed by atoms with van der Waals surface area (Å²) in [5.41, 5.74) is 7.46. The largest absolute Gasteiger partial charge is 0.449 e. The Labute approximate surface area is 138 Å². The Hall–Kier alpha value is -2.35. The molecule has 6 nitrogen and oxygen atoms in total. The van der Waals surface area contributed by atoms with Gasteiger partial charge in [0.1, 0.15) is 0 Å². The van der Waals surface area contributed by atoms with Crippen molar-refractivity contribution in [1.82, 2.24) is 4.98 Å². The number of alkyl halides is 2. The quantitative estimate of drug-likeness (QED) is 0.872. The van der Waals surface area contributed by atoms with Crippen LogP contribution in [0.1, 0.15) is 13.3 Å². The van der Waals surface area contributed by atoms with Gasteiger partial charge in [-0.2, -0.15) is 8.78 Å². The van der Waals surface area contributed by atoms with Crippen molar-refractivity contribution in [2.75, 3.05) is 23.3 Å². The van der Waals surface area contributed by atoms with E-state index in [0.717, 1.165) is 13.0 Å². The van der Waals surface area contributed by atoms with Crippen molar-refractivity contribution in [2.45, 2.75) is 26.0 Å². The highest BCUT2D eigenvalue weighted by Crippen LogP contribution is 2.34. The second kappa shape index (κ2) is 7.04. The van der Waals surface area contributed by atoms with Crippen molar-refractivity contribution in [3.05, 3.63) is 30.7 Å². The molecule has 130 valence electrons. The summed E-state index contributed by atoms with van der Waals surface area (Å²) in [4.78, 5) is 5.99. The number of pyridine rings is 1. The predicted octanol–water partition coefficient (Wildman–Crippen LogP) is 3.19. The number of ether oxygens (including phenoxy) is 1. The summed E-state index contributed by atoms with van der Waals surface area (Å²) < 4.78 is 34.7. The summed E-state index contributed by atoms with van der Waals surface area (Å²) in [6, 6.07) is 5.04. The number of anilines is 3. The van der Waals surface area contributed by atoms with E-state index in [9.17, 15) is 8.78 Å². The molecule has 0 aromatic carbocycles. The van der Waals surface area contributed by atoms with Crippen LogP contribution in [0.25, 0.3) is 0 Å². The second-order valence-corrected chi connectivity index (χ2v) is 6.03. The Balaban J connectivity index is 1.92. The average molecular weight is 338 g/mol. The normalized spacial score (nSPS) is 21.1. The van der Waals surface area contributed by atoms with Gasteiger partial charge in [0.25, 0.3) is 0 Å². The third-order valence-corrected chi connectivity index (χ3v) is 3.88. The van der Waals surface area contributed by atoms with Crippen molar-refractivity contribution in [3.8, 4) is 5.88 Å². The number of nitrogens with zero attached hydrogens (tertiary/aromatic N) is 2. The van der Waals surface area contributed by atoms with Crippen LogP contribution < -0.4 is 20.7 Å². The van der Waals surface area contributed by atoms with Crippen LogP contribution in [0, 0.1) is 5.92 Å². The second-order valence-electron chi connectivity index (χ2n) is 6.03. The summed E-state index contributed by atoms with van der Waals surface area (Å²) in [6.45, 7) is 0.606. The first-order valence-electron chi connectivity index (χ1n) is 7.77. The lowest BCUT2D eigenvalue weighted by Gasteiger charge is -2.37. The molecule has 1 saturated heterocycles. The van der Waals surface area contributed by atoms with E-state index in [0.29, 0.717) is 29.7 Å². The van der Waals surface area contributed by atoms with E-state index >= 15 is 0 Å². The number of piperidine rings is 1. The van der Waals surface area contributed by atoms with Crippen LogP contribution in [0.3, 0.4) is 0 Å². The maximum absolute atomic E-state index is 12.5.